The summed E-state index contributed by atoms with van der Waals surface area (Å²) in [5.74, 6) is 0.491. The summed E-state index contributed by atoms with van der Waals surface area (Å²) < 4.78 is 6.00. The predicted octanol–water partition coefficient (Wildman–Crippen LogP) is 5.58. The average molecular weight is 554 g/mol. The van der Waals surface area contributed by atoms with Gasteiger partial charge in [0.05, 0.1) is 11.5 Å². The van der Waals surface area contributed by atoms with E-state index in [1.807, 2.05) is 24.3 Å². The molecule has 8 heteroatoms. The number of benzene rings is 1. The SMILES string of the molecule is O=C(O)C(CCO[C@H]1C[C@H](CCc2ccc3c(n2)NCCC3)C1)NC(=O)C1(Cc2cccc(Cl)c2)CCCC1. The number of anilines is 1. The summed E-state index contributed by atoms with van der Waals surface area (Å²) in [7, 11) is 0. The zero-order valence-electron chi connectivity index (χ0n) is 22.6. The third-order valence-electron chi connectivity index (χ3n) is 8.79. The molecule has 39 heavy (non-hydrogen) atoms. The maximum atomic E-state index is 13.4. The van der Waals surface area contributed by atoms with Crippen LogP contribution in [0.25, 0.3) is 0 Å². The highest BCUT2D eigenvalue weighted by atomic mass is 35.5. The van der Waals surface area contributed by atoms with Crippen LogP contribution < -0.4 is 10.6 Å². The number of aromatic nitrogens is 1. The van der Waals surface area contributed by atoms with Gasteiger partial charge in [0.25, 0.3) is 0 Å². The number of pyridine rings is 1. The first-order chi connectivity index (χ1) is 18.9. The van der Waals surface area contributed by atoms with Crippen molar-refractivity contribution in [2.75, 3.05) is 18.5 Å². The molecular formula is C31H40ClN3O4. The lowest BCUT2D eigenvalue weighted by Gasteiger charge is -2.35. The van der Waals surface area contributed by atoms with Crippen LogP contribution >= 0.6 is 11.6 Å². The van der Waals surface area contributed by atoms with Gasteiger partial charge in [0.2, 0.25) is 5.91 Å². The molecule has 1 aromatic heterocycles. The van der Waals surface area contributed by atoms with Crippen LogP contribution in [0.4, 0.5) is 5.82 Å². The maximum absolute atomic E-state index is 13.4. The highest BCUT2D eigenvalue weighted by Crippen LogP contribution is 2.42. The monoisotopic (exact) mass is 553 g/mol. The molecule has 1 unspecified atom stereocenters. The first kappa shape index (κ1) is 27.9. The van der Waals surface area contributed by atoms with E-state index in [0.717, 1.165) is 81.4 Å². The Bertz CT molecular complexity index is 1160. The minimum Gasteiger partial charge on any atom is -0.480 e. The largest absolute Gasteiger partial charge is 0.480 e. The van der Waals surface area contributed by atoms with Gasteiger partial charge in [-0.2, -0.15) is 0 Å². The number of carboxylic acids is 1. The van der Waals surface area contributed by atoms with Crippen molar-refractivity contribution in [2.24, 2.45) is 11.3 Å². The zero-order chi connectivity index (χ0) is 27.2. The van der Waals surface area contributed by atoms with Crippen molar-refractivity contribution in [2.45, 2.75) is 89.2 Å². The predicted molar refractivity (Wildman–Crippen MR) is 152 cm³/mol. The van der Waals surface area contributed by atoms with Crippen molar-refractivity contribution in [3.8, 4) is 0 Å². The molecule has 2 heterocycles. The fourth-order valence-corrected chi connectivity index (χ4v) is 6.61. The van der Waals surface area contributed by atoms with Crippen LogP contribution in [0.15, 0.2) is 36.4 Å². The standard InChI is InChI=1S/C31H40ClN3O4/c32-24-7-3-5-22(17-24)20-31(13-1-2-14-31)30(38)35-27(29(36)37)12-16-39-26-18-21(19-26)8-10-25-11-9-23-6-4-15-33-28(23)34-25/h3,5,7,9,11,17,21,26-27H,1-2,4,6,8,10,12-16,18-20H2,(H,33,34)(H,35,38)(H,36,37)/t21-,26-,27?. The van der Waals surface area contributed by atoms with E-state index in [9.17, 15) is 14.7 Å². The Balaban J connectivity index is 1.04. The highest BCUT2D eigenvalue weighted by molar-refractivity contribution is 6.30. The van der Waals surface area contributed by atoms with E-state index in [4.69, 9.17) is 21.3 Å². The van der Waals surface area contributed by atoms with Crippen molar-refractivity contribution in [1.82, 2.24) is 10.3 Å². The van der Waals surface area contributed by atoms with E-state index >= 15 is 0 Å². The second-order valence-corrected chi connectivity index (χ2v) is 12.1. The maximum Gasteiger partial charge on any atom is 0.326 e. The molecule has 1 aliphatic heterocycles. The Morgan fingerprint density at radius 2 is 2.00 bits per heavy atom. The molecule has 2 aromatic rings. The summed E-state index contributed by atoms with van der Waals surface area (Å²) in [6.45, 7) is 1.33. The van der Waals surface area contributed by atoms with E-state index in [2.05, 4.69) is 22.8 Å². The molecule has 2 saturated carbocycles. The third-order valence-corrected chi connectivity index (χ3v) is 9.03. The summed E-state index contributed by atoms with van der Waals surface area (Å²) in [6.07, 6.45) is 10.8. The molecular weight excluding hydrogens is 514 g/mol. The number of ether oxygens (including phenoxy) is 1. The Morgan fingerprint density at radius 1 is 1.18 bits per heavy atom. The number of hydrogen-bond acceptors (Lipinski definition) is 5. The summed E-state index contributed by atoms with van der Waals surface area (Å²) in [5, 5.41) is 16.7. The van der Waals surface area contributed by atoms with E-state index in [1.165, 1.54) is 12.0 Å². The third kappa shape index (κ3) is 7.12. The lowest BCUT2D eigenvalue weighted by Crippen LogP contribution is -2.49. The molecule has 3 aliphatic rings. The molecule has 210 valence electrons. The molecule has 2 fully saturated rings. The van der Waals surface area contributed by atoms with Crippen LogP contribution in [0, 0.1) is 11.3 Å². The number of fused-ring (bicyclic) bond motifs is 1. The minimum absolute atomic E-state index is 0.165. The highest BCUT2D eigenvalue weighted by Gasteiger charge is 2.42. The van der Waals surface area contributed by atoms with Crippen molar-refractivity contribution < 1.29 is 19.4 Å². The number of nitrogens with one attached hydrogen (secondary N) is 2. The molecule has 0 radical (unpaired) electrons. The van der Waals surface area contributed by atoms with Gasteiger partial charge in [0.15, 0.2) is 0 Å². The van der Waals surface area contributed by atoms with E-state index in [-0.39, 0.29) is 18.4 Å². The van der Waals surface area contributed by atoms with Crippen molar-refractivity contribution >= 4 is 29.3 Å². The van der Waals surface area contributed by atoms with Gasteiger partial charge < -0.3 is 20.5 Å². The van der Waals surface area contributed by atoms with Crippen LogP contribution in [-0.2, 0) is 33.6 Å². The van der Waals surface area contributed by atoms with Crippen molar-refractivity contribution in [3.05, 3.63) is 58.2 Å². The van der Waals surface area contributed by atoms with E-state index in [0.29, 0.717) is 24.0 Å². The van der Waals surface area contributed by atoms with Crippen molar-refractivity contribution in [1.29, 1.82) is 0 Å². The van der Waals surface area contributed by atoms with Gasteiger partial charge in [-0.05, 0) is 93.0 Å². The first-order valence-electron chi connectivity index (χ1n) is 14.5. The number of aryl methyl sites for hydroxylation is 2. The van der Waals surface area contributed by atoms with Crippen molar-refractivity contribution in [3.63, 3.8) is 0 Å². The van der Waals surface area contributed by atoms with Crippen LogP contribution in [0.5, 0.6) is 0 Å². The van der Waals surface area contributed by atoms with Gasteiger partial charge in [0, 0.05) is 30.3 Å². The second-order valence-electron chi connectivity index (χ2n) is 11.7. The Kier molecular flexibility index (Phi) is 9.08. The Morgan fingerprint density at radius 3 is 2.77 bits per heavy atom. The Hall–Kier alpha value is -2.64. The van der Waals surface area contributed by atoms with Gasteiger partial charge in [-0.3, -0.25) is 4.79 Å². The fourth-order valence-electron chi connectivity index (χ4n) is 6.40. The average Bonchev–Trinajstić information content (AvgIpc) is 3.38. The molecule has 1 amide bonds. The van der Waals surface area contributed by atoms with Gasteiger partial charge in [0.1, 0.15) is 11.9 Å². The molecule has 0 bridgehead atoms. The lowest BCUT2D eigenvalue weighted by atomic mass is 9.78. The van der Waals surface area contributed by atoms with Crippen LogP contribution in [0.1, 0.15) is 74.6 Å². The Labute approximate surface area is 236 Å². The number of aliphatic carboxylic acids is 1. The second kappa shape index (κ2) is 12.7. The summed E-state index contributed by atoms with van der Waals surface area (Å²) >= 11 is 6.16. The molecule has 0 spiro atoms. The van der Waals surface area contributed by atoms with E-state index in [1.54, 1.807) is 0 Å². The number of nitrogens with zero attached hydrogens (tertiary/aromatic N) is 1. The summed E-state index contributed by atoms with van der Waals surface area (Å²) in [4.78, 5) is 30.2. The molecule has 0 saturated heterocycles. The normalized spacial score (nSPS) is 22.3. The van der Waals surface area contributed by atoms with Gasteiger partial charge in [-0.25, -0.2) is 9.78 Å². The number of rotatable bonds is 12. The van der Waals surface area contributed by atoms with Crippen LogP contribution in [0.2, 0.25) is 5.02 Å². The number of halogens is 1. The molecule has 1 atom stereocenters. The van der Waals surface area contributed by atoms with Crippen LogP contribution in [-0.4, -0.2) is 47.3 Å². The zero-order valence-corrected chi connectivity index (χ0v) is 23.3. The number of carboxylic acid groups (broad SMARTS) is 1. The molecule has 2 aliphatic carbocycles. The topological polar surface area (TPSA) is 101 Å². The number of amides is 1. The van der Waals surface area contributed by atoms with Gasteiger partial charge in [-0.15, -0.1) is 0 Å². The summed E-state index contributed by atoms with van der Waals surface area (Å²) in [5.41, 5.74) is 2.89. The lowest BCUT2D eigenvalue weighted by molar-refractivity contribution is -0.145. The molecule has 1 aromatic carbocycles. The summed E-state index contributed by atoms with van der Waals surface area (Å²) in [6, 6.07) is 11.0. The van der Waals surface area contributed by atoms with Gasteiger partial charge >= 0.3 is 5.97 Å². The van der Waals surface area contributed by atoms with Gasteiger partial charge in [-0.1, -0.05) is 42.6 Å². The molecule has 7 nitrogen and oxygen atoms in total. The smallest absolute Gasteiger partial charge is 0.326 e. The number of hydrogen-bond donors (Lipinski definition) is 3. The van der Waals surface area contributed by atoms with E-state index < -0.39 is 17.4 Å². The minimum atomic E-state index is -1.01. The number of carbonyl (C=O) groups is 2. The molecule has 5 rings (SSSR count). The van der Waals surface area contributed by atoms with Crippen LogP contribution in [0.3, 0.4) is 0 Å². The fraction of sp³-hybridized carbons (Fsp3) is 0.581. The quantitative estimate of drug-likeness (QED) is 0.317. The first-order valence-corrected chi connectivity index (χ1v) is 14.9. The number of carbonyl (C=O) groups excluding carboxylic acids is 1. The molecule has 3 N–H and O–H groups in total.